The first kappa shape index (κ1) is 9.27. The summed E-state index contributed by atoms with van der Waals surface area (Å²) in [5, 5.41) is 0.138. The van der Waals surface area contributed by atoms with Crippen molar-refractivity contribution in [2.45, 2.75) is 4.90 Å². The second kappa shape index (κ2) is 3.46. The van der Waals surface area contributed by atoms with Gasteiger partial charge in [-0.05, 0) is 18.4 Å². The van der Waals surface area contributed by atoms with Crippen molar-refractivity contribution in [2.75, 3.05) is 6.26 Å². The van der Waals surface area contributed by atoms with Crippen molar-refractivity contribution in [1.29, 1.82) is 0 Å². The molecule has 2 rings (SSSR count). The molecule has 0 aliphatic carbocycles. The van der Waals surface area contributed by atoms with E-state index < -0.39 is 5.82 Å². The number of nitrogens with one attached hydrogen (secondary N) is 1. The van der Waals surface area contributed by atoms with Gasteiger partial charge in [-0.1, -0.05) is 6.07 Å². The summed E-state index contributed by atoms with van der Waals surface area (Å²) in [6, 6.07) is 4.55. The minimum atomic E-state index is -0.473. The predicted octanol–water partition coefficient (Wildman–Crippen LogP) is 2.39. The smallest absolute Gasteiger partial charge is 0.205 e. The van der Waals surface area contributed by atoms with E-state index in [0.29, 0.717) is 10.4 Å². The molecule has 0 unspecified atom stereocenters. The molecule has 1 aromatic heterocycles. The first-order valence-corrected chi connectivity index (χ1v) is 5.30. The second-order valence-corrected chi connectivity index (χ2v) is 3.70. The predicted molar refractivity (Wildman–Crippen MR) is 56.3 cm³/mol. The second-order valence-electron chi connectivity index (χ2n) is 2.85. The lowest BCUT2D eigenvalue weighted by Crippen LogP contribution is -2.06. The molecule has 2 nitrogen and oxygen atoms in total. The molecular formula is C10H8FNOS. The first-order chi connectivity index (χ1) is 6.74. The average Bonchev–Trinajstić information content (AvgIpc) is 2.18. The average molecular weight is 209 g/mol. The Morgan fingerprint density at radius 3 is 2.93 bits per heavy atom. The molecule has 0 fully saturated rings. The van der Waals surface area contributed by atoms with Gasteiger partial charge in [0.1, 0.15) is 5.82 Å². The van der Waals surface area contributed by atoms with Gasteiger partial charge in [0.25, 0.3) is 0 Å². The molecule has 1 heterocycles. The Labute approximate surface area is 84.1 Å². The van der Waals surface area contributed by atoms with Gasteiger partial charge in [0, 0.05) is 6.20 Å². The molecule has 0 amide bonds. The lowest BCUT2D eigenvalue weighted by molar-refractivity contribution is 0.638. The summed E-state index contributed by atoms with van der Waals surface area (Å²) in [5.41, 5.74) is 0.289. The fourth-order valence-corrected chi connectivity index (χ4v) is 1.82. The number of H-pyrrole nitrogens is 1. The van der Waals surface area contributed by atoms with Crippen LogP contribution in [0.5, 0.6) is 0 Å². The molecule has 0 aliphatic heterocycles. The van der Waals surface area contributed by atoms with E-state index in [1.807, 2.05) is 0 Å². The van der Waals surface area contributed by atoms with E-state index >= 15 is 0 Å². The van der Waals surface area contributed by atoms with Gasteiger partial charge in [-0.2, -0.15) is 0 Å². The highest BCUT2D eigenvalue weighted by Gasteiger charge is 2.07. The molecule has 0 radical (unpaired) electrons. The fraction of sp³-hybridized carbons (Fsp3) is 0.100. The molecule has 0 saturated carbocycles. The normalized spacial score (nSPS) is 10.7. The van der Waals surface area contributed by atoms with Gasteiger partial charge in [0.05, 0.1) is 15.8 Å². The minimum absolute atomic E-state index is 0.138. The van der Waals surface area contributed by atoms with E-state index in [4.69, 9.17) is 0 Å². The van der Waals surface area contributed by atoms with Crippen LogP contribution in [0, 0.1) is 5.82 Å². The molecule has 1 N–H and O–H groups in total. The Morgan fingerprint density at radius 2 is 2.21 bits per heavy atom. The van der Waals surface area contributed by atoms with Gasteiger partial charge in [-0.3, -0.25) is 4.79 Å². The third-order valence-electron chi connectivity index (χ3n) is 2.04. The van der Waals surface area contributed by atoms with Crippen LogP contribution in [0.4, 0.5) is 4.39 Å². The molecule has 0 bridgehead atoms. The zero-order chi connectivity index (χ0) is 10.1. The number of rotatable bonds is 1. The third-order valence-corrected chi connectivity index (χ3v) is 2.79. The summed E-state index contributed by atoms with van der Waals surface area (Å²) in [6.45, 7) is 0. The van der Waals surface area contributed by atoms with Crippen LogP contribution < -0.4 is 5.43 Å². The quantitative estimate of drug-likeness (QED) is 0.731. The van der Waals surface area contributed by atoms with Crippen molar-refractivity contribution >= 4 is 22.7 Å². The molecule has 0 aliphatic rings. The van der Waals surface area contributed by atoms with Crippen molar-refractivity contribution in [3.63, 3.8) is 0 Å². The standard InChI is InChI=1S/C10H8FNOS/c1-14-8-5-12-7-4-2-3-6(11)9(7)10(8)13/h2-5H,1H3,(H,12,13). The van der Waals surface area contributed by atoms with Crippen molar-refractivity contribution in [3.05, 3.63) is 40.4 Å². The van der Waals surface area contributed by atoms with E-state index in [1.165, 1.54) is 17.8 Å². The van der Waals surface area contributed by atoms with Crippen molar-refractivity contribution < 1.29 is 4.39 Å². The Kier molecular flexibility index (Phi) is 2.29. The van der Waals surface area contributed by atoms with Crippen LogP contribution in [0.2, 0.25) is 0 Å². The highest BCUT2D eigenvalue weighted by atomic mass is 32.2. The van der Waals surface area contributed by atoms with Gasteiger partial charge in [-0.15, -0.1) is 11.8 Å². The summed E-state index contributed by atoms with van der Waals surface area (Å²) in [4.78, 5) is 15.1. The van der Waals surface area contributed by atoms with E-state index in [2.05, 4.69) is 4.98 Å². The molecule has 0 saturated heterocycles. The highest BCUT2D eigenvalue weighted by molar-refractivity contribution is 7.98. The molecule has 2 aromatic rings. The number of benzene rings is 1. The van der Waals surface area contributed by atoms with Crippen LogP contribution in [0.1, 0.15) is 0 Å². The van der Waals surface area contributed by atoms with Crippen molar-refractivity contribution in [1.82, 2.24) is 4.98 Å². The highest BCUT2D eigenvalue weighted by Crippen LogP contribution is 2.15. The monoisotopic (exact) mass is 209 g/mol. The Balaban J connectivity index is 2.94. The molecule has 0 spiro atoms. The summed E-state index contributed by atoms with van der Waals surface area (Å²) < 4.78 is 13.3. The largest absolute Gasteiger partial charge is 0.360 e. The van der Waals surface area contributed by atoms with Gasteiger partial charge in [-0.25, -0.2) is 4.39 Å². The fourth-order valence-electron chi connectivity index (χ4n) is 1.36. The summed E-state index contributed by atoms with van der Waals surface area (Å²) in [7, 11) is 0. The summed E-state index contributed by atoms with van der Waals surface area (Å²) in [5.74, 6) is -0.473. The molecule has 72 valence electrons. The maximum Gasteiger partial charge on any atom is 0.205 e. The molecule has 0 atom stereocenters. The summed E-state index contributed by atoms with van der Waals surface area (Å²) in [6.07, 6.45) is 3.39. The van der Waals surface area contributed by atoms with Crippen molar-refractivity contribution in [2.24, 2.45) is 0 Å². The summed E-state index contributed by atoms with van der Waals surface area (Å²) >= 11 is 1.31. The Morgan fingerprint density at radius 1 is 1.43 bits per heavy atom. The lowest BCUT2D eigenvalue weighted by atomic mass is 10.2. The zero-order valence-corrected chi connectivity index (χ0v) is 8.32. The van der Waals surface area contributed by atoms with Crippen LogP contribution >= 0.6 is 11.8 Å². The number of hydrogen-bond acceptors (Lipinski definition) is 2. The number of pyridine rings is 1. The number of thioether (sulfide) groups is 1. The molecular weight excluding hydrogens is 201 g/mol. The minimum Gasteiger partial charge on any atom is -0.360 e. The van der Waals surface area contributed by atoms with E-state index in [0.717, 1.165) is 0 Å². The van der Waals surface area contributed by atoms with Crippen LogP contribution in [0.25, 0.3) is 10.9 Å². The van der Waals surface area contributed by atoms with Gasteiger partial charge >= 0.3 is 0 Å². The van der Waals surface area contributed by atoms with E-state index in [9.17, 15) is 9.18 Å². The SMILES string of the molecule is CSc1c[nH]c2cccc(F)c2c1=O. The molecule has 1 aromatic carbocycles. The number of aromatic amines is 1. The number of aromatic nitrogens is 1. The Hall–Kier alpha value is -1.29. The third kappa shape index (κ3) is 1.32. The van der Waals surface area contributed by atoms with Crippen LogP contribution in [0.15, 0.2) is 34.1 Å². The van der Waals surface area contributed by atoms with Gasteiger partial charge in [0.15, 0.2) is 0 Å². The van der Waals surface area contributed by atoms with Crippen molar-refractivity contribution in [3.8, 4) is 0 Å². The van der Waals surface area contributed by atoms with Crippen LogP contribution in [-0.2, 0) is 0 Å². The molecule has 4 heteroatoms. The molecule has 14 heavy (non-hydrogen) atoms. The van der Waals surface area contributed by atoms with Crippen LogP contribution in [0.3, 0.4) is 0 Å². The lowest BCUT2D eigenvalue weighted by Gasteiger charge is -2.00. The maximum absolute atomic E-state index is 13.3. The zero-order valence-electron chi connectivity index (χ0n) is 7.50. The maximum atomic E-state index is 13.3. The number of halogens is 1. The first-order valence-electron chi connectivity index (χ1n) is 4.08. The van der Waals surface area contributed by atoms with E-state index in [-0.39, 0.29) is 10.8 Å². The number of hydrogen-bond donors (Lipinski definition) is 1. The van der Waals surface area contributed by atoms with Gasteiger partial charge < -0.3 is 4.98 Å². The number of fused-ring (bicyclic) bond motifs is 1. The van der Waals surface area contributed by atoms with Crippen LogP contribution in [-0.4, -0.2) is 11.2 Å². The Bertz CT molecular complexity index is 535. The topological polar surface area (TPSA) is 32.9 Å². The van der Waals surface area contributed by atoms with E-state index in [1.54, 1.807) is 24.6 Å². The van der Waals surface area contributed by atoms with Gasteiger partial charge in [0.2, 0.25) is 5.43 Å².